The van der Waals surface area contributed by atoms with Gasteiger partial charge in [0.05, 0.1) is 11.1 Å². The zero-order valence-electron chi connectivity index (χ0n) is 13.1. The van der Waals surface area contributed by atoms with Crippen LogP contribution in [0.15, 0.2) is 64.2 Å². The van der Waals surface area contributed by atoms with Crippen LogP contribution in [0.4, 0.5) is 0 Å². The first-order valence-electron chi connectivity index (χ1n) is 7.71. The first-order chi connectivity index (χ1) is 12.2. The van der Waals surface area contributed by atoms with Gasteiger partial charge in [-0.3, -0.25) is 14.5 Å². The van der Waals surface area contributed by atoms with E-state index < -0.39 is 0 Å². The largest absolute Gasteiger partial charge is 0.411 e. The van der Waals surface area contributed by atoms with E-state index in [4.69, 9.17) is 4.42 Å². The van der Waals surface area contributed by atoms with E-state index in [1.54, 1.807) is 24.3 Å². The van der Waals surface area contributed by atoms with E-state index in [1.807, 2.05) is 30.3 Å². The van der Waals surface area contributed by atoms with E-state index in [0.29, 0.717) is 34.5 Å². The van der Waals surface area contributed by atoms with Crippen LogP contribution >= 0.6 is 11.8 Å². The highest BCUT2D eigenvalue weighted by Gasteiger charge is 2.34. The molecule has 0 unspecified atom stereocenters. The lowest BCUT2D eigenvalue weighted by molar-refractivity contribution is 0.0664. The van der Waals surface area contributed by atoms with E-state index in [9.17, 15) is 9.59 Å². The Morgan fingerprint density at radius 1 is 0.880 bits per heavy atom. The SMILES string of the molecule is O=C1c2ccccc2C(=O)N1CCSc1nnc(-c2ccccc2)o1. The normalized spacial score (nSPS) is 13.4. The molecule has 0 bridgehead atoms. The number of aromatic nitrogens is 2. The highest BCUT2D eigenvalue weighted by Crippen LogP contribution is 2.25. The smallest absolute Gasteiger partial charge is 0.276 e. The van der Waals surface area contributed by atoms with E-state index in [1.165, 1.54) is 16.7 Å². The van der Waals surface area contributed by atoms with Crippen molar-refractivity contribution in [3.05, 3.63) is 65.7 Å². The number of benzene rings is 2. The molecule has 2 heterocycles. The minimum absolute atomic E-state index is 0.253. The Bertz CT molecular complexity index is 905. The van der Waals surface area contributed by atoms with E-state index >= 15 is 0 Å². The fourth-order valence-corrected chi connectivity index (χ4v) is 3.32. The third-order valence-electron chi connectivity index (χ3n) is 3.85. The molecule has 0 saturated heterocycles. The van der Waals surface area contributed by atoms with Crippen molar-refractivity contribution in [3.63, 3.8) is 0 Å². The number of imide groups is 1. The predicted octanol–water partition coefficient (Wildman–Crippen LogP) is 3.12. The van der Waals surface area contributed by atoms with Crippen molar-refractivity contribution in [3.8, 4) is 11.5 Å². The average molecular weight is 351 g/mol. The summed E-state index contributed by atoms with van der Waals surface area (Å²) in [5.74, 6) is 0.430. The Morgan fingerprint density at radius 2 is 1.52 bits per heavy atom. The van der Waals surface area contributed by atoms with Gasteiger partial charge in [0.15, 0.2) is 0 Å². The third-order valence-corrected chi connectivity index (χ3v) is 4.64. The second-order valence-electron chi connectivity index (χ2n) is 5.40. The van der Waals surface area contributed by atoms with Crippen LogP contribution in [0.1, 0.15) is 20.7 Å². The Labute approximate surface area is 147 Å². The minimum Gasteiger partial charge on any atom is -0.411 e. The van der Waals surface area contributed by atoms with Crippen molar-refractivity contribution in [1.82, 2.24) is 15.1 Å². The molecule has 0 N–H and O–H groups in total. The molecular formula is C18H13N3O3S. The second kappa shape index (κ2) is 6.52. The number of thioether (sulfide) groups is 1. The molecule has 3 aromatic rings. The molecule has 0 saturated carbocycles. The fourth-order valence-electron chi connectivity index (χ4n) is 2.63. The van der Waals surface area contributed by atoms with Crippen molar-refractivity contribution in [1.29, 1.82) is 0 Å². The van der Waals surface area contributed by atoms with Gasteiger partial charge in [-0.2, -0.15) is 0 Å². The Balaban J connectivity index is 1.39. The number of amides is 2. The number of fused-ring (bicyclic) bond motifs is 1. The first kappa shape index (κ1) is 15.6. The molecule has 1 aliphatic rings. The highest BCUT2D eigenvalue weighted by atomic mass is 32.2. The summed E-state index contributed by atoms with van der Waals surface area (Å²) in [6.07, 6.45) is 0. The van der Waals surface area contributed by atoms with Crippen LogP contribution in [0.2, 0.25) is 0 Å². The molecule has 0 spiro atoms. The molecule has 0 fully saturated rings. The van der Waals surface area contributed by atoms with Crippen molar-refractivity contribution < 1.29 is 14.0 Å². The van der Waals surface area contributed by atoms with Gasteiger partial charge >= 0.3 is 0 Å². The van der Waals surface area contributed by atoms with Crippen LogP contribution in [0.3, 0.4) is 0 Å². The molecule has 1 aromatic heterocycles. The predicted molar refractivity (Wildman–Crippen MR) is 92.3 cm³/mol. The molecule has 6 nitrogen and oxygen atoms in total. The molecule has 7 heteroatoms. The average Bonchev–Trinajstić information content (AvgIpc) is 3.22. The van der Waals surface area contributed by atoms with Crippen LogP contribution in [0, 0.1) is 0 Å². The molecule has 2 amide bonds. The number of nitrogens with zero attached hydrogens (tertiary/aromatic N) is 3. The van der Waals surface area contributed by atoms with E-state index in [2.05, 4.69) is 10.2 Å². The van der Waals surface area contributed by atoms with Crippen molar-refractivity contribution >= 4 is 23.6 Å². The van der Waals surface area contributed by atoms with Gasteiger partial charge in [0.2, 0.25) is 5.89 Å². The van der Waals surface area contributed by atoms with Crippen LogP contribution in [0.25, 0.3) is 11.5 Å². The zero-order valence-corrected chi connectivity index (χ0v) is 13.9. The monoisotopic (exact) mass is 351 g/mol. The number of carbonyl (C=O) groups excluding carboxylic acids is 2. The van der Waals surface area contributed by atoms with Gasteiger partial charge in [-0.25, -0.2) is 0 Å². The molecule has 0 radical (unpaired) electrons. The van der Waals surface area contributed by atoms with Crippen LogP contribution in [-0.4, -0.2) is 39.2 Å². The summed E-state index contributed by atoms with van der Waals surface area (Å²) in [6.45, 7) is 0.292. The highest BCUT2D eigenvalue weighted by molar-refractivity contribution is 7.99. The molecule has 0 aliphatic carbocycles. The zero-order chi connectivity index (χ0) is 17.2. The lowest BCUT2D eigenvalue weighted by atomic mass is 10.1. The van der Waals surface area contributed by atoms with E-state index in [0.717, 1.165) is 5.56 Å². The standard InChI is InChI=1S/C18H13N3O3S/c22-16-13-8-4-5-9-14(13)17(23)21(16)10-11-25-18-20-19-15(24-18)12-6-2-1-3-7-12/h1-9H,10-11H2. The number of hydrogen-bond acceptors (Lipinski definition) is 6. The van der Waals surface area contributed by atoms with Crippen molar-refractivity contribution in [2.45, 2.75) is 5.22 Å². The lowest BCUT2D eigenvalue weighted by Gasteiger charge is -2.12. The summed E-state index contributed by atoms with van der Waals surface area (Å²) in [6, 6.07) is 16.3. The Kier molecular flexibility index (Phi) is 4.07. The third kappa shape index (κ3) is 2.94. The fraction of sp³-hybridized carbons (Fsp3) is 0.111. The van der Waals surface area contributed by atoms with Gasteiger partial charge < -0.3 is 4.42 Å². The summed E-state index contributed by atoms with van der Waals surface area (Å²) >= 11 is 1.32. The topological polar surface area (TPSA) is 76.3 Å². The van der Waals surface area contributed by atoms with Crippen molar-refractivity contribution in [2.75, 3.05) is 12.3 Å². The molecule has 1 aliphatic heterocycles. The van der Waals surface area contributed by atoms with Gasteiger partial charge in [0, 0.05) is 17.9 Å². The lowest BCUT2D eigenvalue weighted by Crippen LogP contribution is -2.31. The van der Waals surface area contributed by atoms with Crippen LogP contribution in [0.5, 0.6) is 0 Å². The van der Waals surface area contributed by atoms with Gasteiger partial charge in [0.25, 0.3) is 17.0 Å². The summed E-state index contributed by atoms with van der Waals surface area (Å²) in [5.41, 5.74) is 1.77. The molecule has 2 aromatic carbocycles. The molecule has 124 valence electrons. The first-order valence-corrected chi connectivity index (χ1v) is 8.69. The van der Waals surface area contributed by atoms with Gasteiger partial charge in [0.1, 0.15) is 0 Å². The van der Waals surface area contributed by atoms with Gasteiger partial charge in [-0.15, -0.1) is 10.2 Å². The maximum absolute atomic E-state index is 12.3. The molecule has 25 heavy (non-hydrogen) atoms. The summed E-state index contributed by atoms with van der Waals surface area (Å²) in [5, 5.41) is 8.42. The second-order valence-corrected chi connectivity index (χ2v) is 6.44. The van der Waals surface area contributed by atoms with Crippen molar-refractivity contribution in [2.24, 2.45) is 0 Å². The summed E-state index contributed by atoms with van der Waals surface area (Å²) < 4.78 is 5.60. The maximum atomic E-state index is 12.3. The summed E-state index contributed by atoms with van der Waals surface area (Å²) in [7, 11) is 0. The summed E-state index contributed by atoms with van der Waals surface area (Å²) in [4.78, 5) is 25.8. The number of rotatable bonds is 5. The van der Waals surface area contributed by atoms with Crippen LogP contribution < -0.4 is 0 Å². The Hall–Kier alpha value is -2.93. The van der Waals surface area contributed by atoms with E-state index in [-0.39, 0.29) is 11.8 Å². The maximum Gasteiger partial charge on any atom is 0.276 e. The quantitative estimate of drug-likeness (QED) is 0.519. The number of carbonyl (C=O) groups is 2. The molecular weight excluding hydrogens is 338 g/mol. The van der Waals surface area contributed by atoms with Gasteiger partial charge in [-0.05, 0) is 24.3 Å². The van der Waals surface area contributed by atoms with Gasteiger partial charge in [-0.1, -0.05) is 42.1 Å². The Morgan fingerprint density at radius 3 is 2.20 bits per heavy atom. The molecule has 4 rings (SSSR count). The molecule has 0 atom stereocenters. The number of hydrogen-bond donors (Lipinski definition) is 0. The van der Waals surface area contributed by atoms with Crippen LogP contribution in [-0.2, 0) is 0 Å². The minimum atomic E-state index is -0.253.